The molecule has 1 atom stereocenters. The van der Waals surface area contributed by atoms with Crippen LogP contribution in [0.15, 0.2) is 18.2 Å². The van der Waals surface area contributed by atoms with Crippen molar-refractivity contribution in [1.29, 1.82) is 5.26 Å². The summed E-state index contributed by atoms with van der Waals surface area (Å²) in [5.74, 6) is 0. The van der Waals surface area contributed by atoms with Crippen molar-refractivity contribution in [2.24, 2.45) is 0 Å². The van der Waals surface area contributed by atoms with Crippen LogP contribution in [0.5, 0.6) is 0 Å². The van der Waals surface area contributed by atoms with Crippen LogP contribution in [0.4, 0.5) is 32.0 Å². The van der Waals surface area contributed by atoms with Crippen LogP contribution in [0.25, 0.3) is 0 Å². The topological polar surface area (TPSA) is 30.3 Å². The quantitative estimate of drug-likeness (QED) is 0.762. The molecule has 0 spiro atoms. The summed E-state index contributed by atoms with van der Waals surface area (Å²) < 4.78 is 75.6. The zero-order valence-electron chi connectivity index (χ0n) is 12.7. The van der Waals surface area contributed by atoms with Gasteiger partial charge in [0.2, 0.25) is 0 Å². The Balaban J connectivity index is 2.18. The fraction of sp³-hybridized carbons (Fsp3) is 0.533. The standard InChI is InChI=1S/C15H15F6N3/c1-10-8-23(4-5-24(10)9-14(16,17)18)13-3-2-12(15(19,20)21)6-11(13)7-22/h2-3,6,10H,4-5,8-9H2,1H3. The van der Waals surface area contributed by atoms with Crippen molar-refractivity contribution in [3.63, 3.8) is 0 Å². The minimum atomic E-state index is -4.55. The van der Waals surface area contributed by atoms with Gasteiger partial charge in [0.05, 0.1) is 23.4 Å². The zero-order valence-corrected chi connectivity index (χ0v) is 12.7. The first-order valence-electron chi connectivity index (χ1n) is 7.18. The molecule has 1 aromatic rings. The number of nitrogens with zero attached hydrogens (tertiary/aromatic N) is 3. The molecule has 132 valence electrons. The van der Waals surface area contributed by atoms with E-state index in [1.165, 1.54) is 11.0 Å². The minimum absolute atomic E-state index is 0.118. The number of anilines is 1. The number of nitriles is 1. The van der Waals surface area contributed by atoms with Gasteiger partial charge in [-0.1, -0.05) is 0 Å². The second-order valence-corrected chi connectivity index (χ2v) is 5.72. The Morgan fingerprint density at radius 1 is 1.17 bits per heavy atom. The first-order chi connectivity index (χ1) is 11.0. The fourth-order valence-corrected chi connectivity index (χ4v) is 2.76. The third kappa shape index (κ3) is 4.32. The van der Waals surface area contributed by atoms with Gasteiger partial charge >= 0.3 is 12.4 Å². The van der Waals surface area contributed by atoms with E-state index >= 15 is 0 Å². The van der Waals surface area contributed by atoms with E-state index < -0.39 is 30.5 Å². The molecule has 2 rings (SSSR count). The number of rotatable bonds is 2. The lowest BCUT2D eigenvalue weighted by atomic mass is 10.1. The van der Waals surface area contributed by atoms with Gasteiger partial charge in [0.1, 0.15) is 6.07 Å². The van der Waals surface area contributed by atoms with Gasteiger partial charge < -0.3 is 4.90 Å². The molecule has 24 heavy (non-hydrogen) atoms. The highest BCUT2D eigenvalue weighted by Gasteiger charge is 2.36. The molecular formula is C15H15F6N3. The van der Waals surface area contributed by atoms with E-state index in [9.17, 15) is 26.3 Å². The molecule has 1 aliphatic heterocycles. The molecule has 1 aromatic carbocycles. The third-order valence-electron chi connectivity index (χ3n) is 3.93. The number of halogens is 6. The van der Waals surface area contributed by atoms with Crippen molar-refractivity contribution in [3.05, 3.63) is 29.3 Å². The number of piperazine rings is 1. The molecule has 0 aromatic heterocycles. The maximum Gasteiger partial charge on any atom is 0.416 e. The molecule has 9 heteroatoms. The van der Waals surface area contributed by atoms with Gasteiger partial charge in [-0.15, -0.1) is 0 Å². The van der Waals surface area contributed by atoms with Crippen molar-refractivity contribution >= 4 is 5.69 Å². The van der Waals surface area contributed by atoms with Crippen molar-refractivity contribution in [2.75, 3.05) is 31.1 Å². The minimum Gasteiger partial charge on any atom is -0.368 e. The predicted octanol–water partition coefficient (Wildman–Crippen LogP) is 3.65. The van der Waals surface area contributed by atoms with Crippen LogP contribution < -0.4 is 4.90 Å². The second kappa shape index (κ2) is 6.51. The number of hydrogen-bond acceptors (Lipinski definition) is 3. The van der Waals surface area contributed by atoms with E-state index in [1.807, 2.05) is 0 Å². The summed E-state index contributed by atoms with van der Waals surface area (Å²) >= 11 is 0. The Kier molecular flexibility index (Phi) is 4.99. The molecule has 0 N–H and O–H groups in total. The number of hydrogen-bond donors (Lipinski definition) is 0. The van der Waals surface area contributed by atoms with Crippen LogP contribution in [-0.4, -0.2) is 43.3 Å². The highest BCUT2D eigenvalue weighted by Crippen LogP contribution is 2.33. The lowest BCUT2D eigenvalue weighted by Crippen LogP contribution is -2.54. The molecule has 0 saturated carbocycles. The second-order valence-electron chi connectivity index (χ2n) is 5.72. The Bertz CT molecular complexity index is 632. The Morgan fingerprint density at radius 2 is 1.83 bits per heavy atom. The van der Waals surface area contributed by atoms with Crippen molar-refractivity contribution in [1.82, 2.24) is 4.90 Å². The number of benzene rings is 1. The average Bonchev–Trinajstić information content (AvgIpc) is 2.46. The van der Waals surface area contributed by atoms with E-state index in [2.05, 4.69) is 0 Å². The highest BCUT2D eigenvalue weighted by molar-refractivity contribution is 5.61. The highest BCUT2D eigenvalue weighted by atomic mass is 19.4. The summed E-state index contributed by atoms with van der Waals surface area (Å²) in [6, 6.07) is 4.14. The molecule has 3 nitrogen and oxygen atoms in total. The summed E-state index contributed by atoms with van der Waals surface area (Å²) in [6.45, 7) is 1.12. The Labute approximate surface area is 135 Å². The summed E-state index contributed by atoms with van der Waals surface area (Å²) in [5, 5.41) is 9.11. The van der Waals surface area contributed by atoms with Crippen LogP contribution in [0.2, 0.25) is 0 Å². The van der Waals surface area contributed by atoms with Crippen LogP contribution in [0.3, 0.4) is 0 Å². The largest absolute Gasteiger partial charge is 0.416 e. The average molecular weight is 351 g/mol. The van der Waals surface area contributed by atoms with Gasteiger partial charge in [0.25, 0.3) is 0 Å². The van der Waals surface area contributed by atoms with Crippen molar-refractivity contribution < 1.29 is 26.3 Å². The van der Waals surface area contributed by atoms with Gasteiger partial charge in [-0.3, -0.25) is 4.90 Å². The maximum absolute atomic E-state index is 12.7. The predicted molar refractivity (Wildman–Crippen MR) is 75.5 cm³/mol. The molecule has 0 amide bonds. The van der Waals surface area contributed by atoms with Gasteiger partial charge in [-0.2, -0.15) is 31.6 Å². The van der Waals surface area contributed by atoms with Crippen LogP contribution in [0, 0.1) is 11.3 Å². The summed E-state index contributed by atoms with van der Waals surface area (Å²) in [5.41, 5.74) is -0.753. The SMILES string of the molecule is CC1CN(c2ccc(C(F)(F)F)cc2C#N)CCN1CC(F)(F)F. The normalized spacial score (nSPS) is 20.1. The van der Waals surface area contributed by atoms with E-state index in [4.69, 9.17) is 5.26 Å². The van der Waals surface area contributed by atoms with E-state index in [0.29, 0.717) is 5.69 Å². The third-order valence-corrected chi connectivity index (χ3v) is 3.93. The molecule has 1 fully saturated rings. The van der Waals surface area contributed by atoms with Gasteiger partial charge in [-0.05, 0) is 25.1 Å². The number of alkyl halides is 6. The molecule has 1 aliphatic rings. The lowest BCUT2D eigenvalue weighted by Gasteiger charge is -2.41. The van der Waals surface area contributed by atoms with Gasteiger partial charge in [0, 0.05) is 25.7 Å². The molecule has 0 aliphatic carbocycles. The Morgan fingerprint density at radius 3 is 2.33 bits per heavy atom. The van der Waals surface area contributed by atoms with Crippen LogP contribution in [-0.2, 0) is 6.18 Å². The van der Waals surface area contributed by atoms with Crippen LogP contribution in [0.1, 0.15) is 18.1 Å². The fourth-order valence-electron chi connectivity index (χ4n) is 2.76. The summed E-state index contributed by atoms with van der Waals surface area (Å²) in [4.78, 5) is 2.92. The van der Waals surface area contributed by atoms with Gasteiger partial charge in [0.15, 0.2) is 0 Å². The summed E-state index contributed by atoms with van der Waals surface area (Å²) in [6.07, 6.45) is -8.86. The van der Waals surface area contributed by atoms with Crippen molar-refractivity contribution in [2.45, 2.75) is 25.3 Å². The van der Waals surface area contributed by atoms with Crippen LogP contribution >= 0.6 is 0 Å². The molecule has 0 bridgehead atoms. The monoisotopic (exact) mass is 351 g/mol. The molecular weight excluding hydrogens is 336 g/mol. The maximum atomic E-state index is 12.7. The van der Waals surface area contributed by atoms with Gasteiger partial charge in [-0.25, -0.2) is 0 Å². The molecule has 1 unspecified atom stereocenters. The zero-order chi connectivity index (χ0) is 18.1. The molecule has 1 heterocycles. The lowest BCUT2D eigenvalue weighted by molar-refractivity contribution is -0.150. The Hall–Kier alpha value is -1.95. The van der Waals surface area contributed by atoms with E-state index in [0.717, 1.165) is 12.1 Å². The summed E-state index contributed by atoms with van der Waals surface area (Å²) in [7, 11) is 0. The molecule has 1 saturated heterocycles. The molecule has 0 radical (unpaired) electrons. The van der Waals surface area contributed by atoms with E-state index in [-0.39, 0.29) is 25.2 Å². The first-order valence-corrected chi connectivity index (χ1v) is 7.18. The van der Waals surface area contributed by atoms with Crippen molar-refractivity contribution in [3.8, 4) is 6.07 Å². The first kappa shape index (κ1) is 18.4. The smallest absolute Gasteiger partial charge is 0.368 e. The van der Waals surface area contributed by atoms with E-state index in [1.54, 1.807) is 17.9 Å².